The fraction of sp³-hybridized carbons (Fsp3) is 0.261. The van der Waals surface area contributed by atoms with Crippen molar-refractivity contribution in [2.75, 3.05) is 0 Å². The van der Waals surface area contributed by atoms with E-state index in [0.717, 1.165) is 11.4 Å². The molecule has 0 saturated carbocycles. The average molecular weight is 327 g/mol. The Labute approximate surface area is 148 Å². The van der Waals surface area contributed by atoms with Crippen molar-refractivity contribution in [3.8, 4) is 28.1 Å². The van der Waals surface area contributed by atoms with Gasteiger partial charge in [-0.25, -0.2) is 0 Å². The molecule has 0 amide bonds. The molecule has 25 heavy (non-hydrogen) atoms. The fourth-order valence-corrected chi connectivity index (χ4v) is 4.58. The van der Waals surface area contributed by atoms with E-state index in [1.807, 2.05) is 18.3 Å². The lowest BCUT2D eigenvalue weighted by atomic mass is 9.74. The molecular weight excluding hydrogens is 306 g/mol. The lowest BCUT2D eigenvalue weighted by Gasteiger charge is -2.38. The summed E-state index contributed by atoms with van der Waals surface area (Å²) in [5, 5.41) is 0. The van der Waals surface area contributed by atoms with E-state index in [1.165, 1.54) is 33.4 Å². The van der Waals surface area contributed by atoms with Crippen molar-refractivity contribution in [3.05, 3.63) is 71.4 Å². The van der Waals surface area contributed by atoms with Gasteiger partial charge in [0.05, 0.1) is 5.69 Å². The number of fused-ring (bicyclic) bond motifs is 7. The molecule has 2 aliphatic rings. The van der Waals surface area contributed by atoms with E-state index >= 15 is 0 Å². The highest BCUT2D eigenvalue weighted by Crippen LogP contribution is 2.56. The van der Waals surface area contributed by atoms with Gasteiger partial charge in [0.15, 0.2) is 0 Å². The second-order valence-corrected chi connectivity index (χ2v) is 8.04. The number of nitrogens with zero attached hydrogens (tertiary/aromatic N) is 1. The molecule has 2 nitrogen and oxygen atoms in total. The van der Waals surface area contributed by atoms with Crippen molar-refractivity contribution < 1.29 is 4.74 Å². The van der Waals surface area contributed by atoms with Gasteiger partial charge in [-0.3, -0.25) is 4.98 Å². The number of rotatable bonds is 0. The molecule has 2 aromatic carbocycles. The van der Waals surface area contributed by atoms with Gasteiger partial charge in [0.25, 0.3) is 0 Å². The lowest BCUT2D eigenvalue weighted by molar-refractivity contribution is 0.105. The minimum absolute atomic E-state index is 0.0786. The molecule has 1 aromatic heterocycles. The topological polar surface area (TPSA) is 22.1 Å². The van der Waals surface area contributed by atoms with Gasteiger partial charge in [0.2, 0.25) is 0 Å². The van der Waals surface area contributed by atoms with E-state index in [-0.39, 0.29) is 11.0 Å². The quantitative estimate of drug-likeness (QED) is 0.530. The normalized spacial score (nSPS) is 17.8. The summed E-state index contributed by atoms with van der Waals surface area (Å²) < 4.78 is 6.34. The van der Waals surface area contributed by atoms with Crippen molar-refractivity contribution >= 4 is 0 Å². The van der Waals surface area contributed by atoms with E-state index in [9.17, 15) is 0 Å². The van der Waals surface area contributed by atoms with Crippen LogP contribution < -0.4 is 4.74 Å². The third-order valence-electron chi connectivity index (χ3n) is 5.74. The van der Waals surface area contributed by atoms with Gasteiger partial charge < -0.3 is 4.74 Å². The van der Waals surface area contributed by atoms with E-state index in [2.05, 4.69) is 64.1 Å². The van der Waals surface area contributed by atoms with Crippen molar-refractivity contribution in [2.45, 2.75) is 38.7 Å². The summed E-state index contributed by atoms with van der Waals surface area (Å²) in [7, 11) is 0. The molecule has 0 spiro atoms. The lowest BCUT2D eigenvalue weighted by Crippen LogP contribution is -2.31. The van der Waals surface area contributed by atoms with Crippen LogP contribution in [0.4, 0.5) is 0 Å². The zero-order valence-corrected chi connectivity index (χ0v) is 15.1. The predicted octanol–water partition coefficient (Wildman–Crippen LogP) is 5.68. The number of para-hydroxylation sites is 1. The van der Waals surface area contributed by atoms with E-state index < -0.39 is 0 Å². The Hall–Kier alpha value is -2.61. The average Bonchev–Trinajstić information content (AvgIpc) is 2.83. The Bertz CT molecular complexity index is 1030. The first-order valence-corrected chi connectivity index (χ1v) is 8.83. The van der Waals surface area contributed by atoms with Crippen LogP contribution in [0, 0.1) is 0 Å². The second-order valence-electron chi connectivity index (χ2n) is 8.04. The molecule has 0 bridgehead atoms. The Morgan fingerprint density at radius 1 is 0.800 bits per heavy atom. The maximum absolute atomic E-state index is 6.34. The van der Waals surface area contributed by atoms with Crippen LogP contribution >= 0.6 is 0 Å². The molecule has 0 saturated heterocycles. The minimum atomic E-state index is -0.350. The third-order valence-corrected chi connectivity index (χ3v) is 5.74. The standard InChI is InChI=1S/C23H21NO/c1-22(2)17-9-7-13-24-21(17)15-11-12-16-19(20(15)22)14-8-5-6-10-18(14)25-23(16,3)4/h5-13H,1-4H3. The Morgan fingerprint density at radius 3 is 2.44 bits per heavy atom. The van der Waals surface area contributed by atoms with Gasteiger partial charge in [-0.15, -0.1) is 0 Å². The Balaban J connectivity index is 1.94. The Kier molecular flexibility index (Phi) is 2.66. The van der Waals surface area contributed by atoms with Gasteiger partial charge in [-0.1, -0.05) is 50.2 Å². The maximum Gasteiger partial charge on any atom is 0.129 e. The van der Waals surface area contributed by atoms with Crippen LogP contribution in [-0.2, 0) is 11.0 Å². The molecule has 0 radical (unpaired) electrons. The van der Waals surface area contributed by atoms with Crippen LogP contribution in [0.25, 0.3) is 22.4 Å². The van der Waals surface area contributed by atoms with Crippen LogP contribution in [0.1, 0.15) is 44.4 Å². The van der Waals surface area contributed by atoms with Crippen molar-refractivity contribution in [2.24, 2.45) is 0 Å². The summed E-state index contributed by atoms with van der Waals surface area (Å²) in [5.41, 5.74) is 8.40. The smallest absolute Gasteiger partial charge is 0.129 e. The predicted molar refractivity (Wildman–Crippen MR) is 101 cm³/mol. The van der Waals surface area contributed by atoms with Gasteiger partial charge in [-0.2, -0.15) is 0 Å². The number of hydrogen-bond acceptors (Lipinski definition) is 2. The van der Waals surface area contributed by atoms with Crippen LogP contribution in [-0.4, -0.2) is 4.98 Å². The van der Waals surface area contributed by atoms with Crippen molar-refractivity contribution in [1.29, 1.82) is 0 Å². The summed E-state index contributed by atoms with van der Waals surface area (Å²) >= 11 is 0. The largest absolute Gasteiger partial charge is 0.482 e. The Morgan fingerprint density at radius 2 is 1.60 bits per heavy atom. The molecule has 2 heteroatoms. The molecular formula is C23H21NO. The maximum atomic E-state index is 6.34. The molecule has 0 unspecified atom stereocenters. The van der Waals surface area contributed by atoms with Crippen LogP contribution in [0.3, 0.4) is 0 Å². The highest BCUT2D eigenvalue weighted by Gasteiger charge is 2.43. The molecule has 0 atom stereocenters. The summed E-state index contributed by atoms with van der Waals surface area (Å²) in [6.45, 7) is 8.93. The number of benzene rings is 2. The number of aromatic nitrogens is 1. The molecule has 3 aromatic rings. The van der Waals surface area contributed by atoms with Gasteiger partial charge in [-0.05, 0) is 42.7 Å². The highest BCUT2D eigenvalue weighted by molar-refractivity contribution is 5.90. The molecule has 2 heterocycles. The van der Waals surface area contributed by atoms with E-state index in [4.69, 9.17) is 9.72 Å². The summed E-state index contributed by atoms with van der Waals surface area (Å²) in [4.78, 5) is 4.71. The number of pyridine rings is 1. The minimum Gasteiger partial charge on any atom is -0.482 e. The highest BCUT2D eigenvalue weighted by atomic mass is 16.5. The third kappa shape index (κ3) is 1.77. The first-order valence-electron chi connectivity index (χ1n) is 8.83. The van der Waals surface area contributed by atoms with Crippen molar-refractivity contribution in [3.63, 3.8) is 0 Å². The van der Waals surface area contributed by atoms with Crippen molar-refractivity contribution in [1.82, 2.24) is 4.98 Å². The molecule has 124 valence electrons. The first-order chi connectivity index (χ1) is 11.9. The van der Waals surface area contributed by atoms with Gasteiger partial charge >= 0.3 is 0 Å². The van der Waals surface area contributed by atoms with Crippen LogP contribution in [0.15, 0.2) is 54.7 Å². The SMILES string of the molecule is CC1(C)Oc2ccccc2-c2c1ccc1c2C(C)(C)c2cccnc2-1. The monoisotopic (exact) mass is 327 g/mol. The summed E-state index contributed by atoms with van der Waals surface area (Å²) in [5.74, 6) is 0.966. The van der Waals surface area contributed by atoms with E-state index in [1.54, 1.807) is 0 Å². The van der Waals surface area contributed by atoms with Crippen LogP contribution in [0.2, 0.25) is 0 Å². The first kappa shape index (κ1) is 14.7. The molecule has 1 aliphatic carbocycles. The van der Waals surface area contributed by atoms with E-state index in [0.29, 0.717) is 0 Å². The molecule has 5 rings (SSSR count). The number of hydrogen-bond donors (Lipinski definition) is 0. The molecule has 1 aliphatic heterocycles. The zero-order valence-electron chi connectivity index (χ0n) is 15.1. The van der Waals surface area contributed by atoms with Crippen LogP contribution in [0.5, 0.6) is 5.75 Å². The second kappa shape index (κ2) is 4.51. The zero-order chi connectivity index (χ0) is 17.4. The van der Waals surface area contributed by atoms with Gasteiger partial charge in [0, 0.05) is 28.3 Å². The number of ether oxygens (including phenoxy) is 1. The summed E-state index contributed by atoms with van der Waals surface area (Å²) in [6, 6.07) is 17.1. The summed E-state index contributed by atoms with van der Waals surface area (Å²) in [6.07, 6.45) is 1.89. The van der Waals surface area contributed by atoms with Gasteiger partial charge in [0.1, 0.15) is 11.4 Å². The molecule has 0 N–H and O–H groups in total. The fourth-order valence-electron chi connectivity index (χ4n) is 4.58. The molecule has 0 fully saturated rings.